The van der Waals surface area contributed by atoms with Crippen LogP contribution < -0.4 is 5.32 Å². The number of aryl methyl sites for hydroxylation is 2. The Hall–Kier alpha value is -4.19. The molecule has 0 bridgehead atoms. The monoisotopic (exact) mass is 411 g/mol. The molecule has 0 saturated heterocycles. The van der Waals surface area contributed by atoms with Crippen molar-refractivity contribution >= 4 is 33.7 Å². The van der Waals surface area contributed by atoms with E-state index in [2.05, 4.69) is 15.5 Å². The molecule has 6 nitrogen and oxygen atoms in total. The van der Waals surface area contributed by atoms with Crippen molar-refractivity contribution in [3.05, 3.63) is 89.5 Å². The van der Waals surface area contributed by atoms with E-state index in [4.69, 9.17) is 0 Å². The topological polar surface area (TPSA) is 94.3 Å². The first-order chi connectivity index (χ1) is 14.9. The molecular formula is C25H21N3O3. The van der Waals surface area contributed by atoms with Crippen LogP contribution in [0.2, 0.25) is 0 Å². The van der Waals surface area contributed by atoms with Gasteiger partial charge in [0, 0.05) is 11.1 Å². The maximum absolute atomic E-state index is 12.9. The quantitative estimate of drug-likeness (QED) is 0.333. The molecule has 4 rings (SSSR count). The van der Waals surface area contributed by atoms with Crippen molar-refractivity contribution in [1.82, 2.24) is 0 Å². The molecule has 4 aromatic carbocycles. The first-order valence-electron chi connectivity index (χ1n) is 9.77. The molecule has 0 aliphatic heterocycles. The number of phenolic OH excluding ortho intramolecular Hbond substituents is 2. The highest BCUT2D eigenvalue weighted by atomic mass is 16.3. The molecule has 6 heteroatoms. The molecule has 0 heterocycles. The normalized spacial score (nSPS) is 11.2. The lowest BCUT2D eigenvalue weighted by Crippen LogP contribution is -2.12. The summed E-state index contributed by atoms with van der Waals surface area (Å²) >= 11 is 0. The van der Waals surface area contributed by atoms with E-state index < -0.39 is 5.91 Å². The number of phenols is 2. The summed E-state index contributed by atoms with van der Waals surface area (Å²) in [7, 11) is 0. The number of fused-ring (bicyclic) bond motifs is 1. The minimum atomic E-state index is -0.458. The van der Waals surface area contributed by atoms with Crippen LogP contribution in [0.3, 0.4) is 0 Å². The molecule has 154 valence electrons. The molecule has 0 saturated carbocycles. The van der Waals surface area contributed by atoms with Crippen molar-refractivity contribution in [3.8, 4) is 11.5 Å². The average Bonchev–Trinajstić information content (AvgIpc) is 2.76. The fourth-order valence-electron chi connectivity index (χ4n) is 3.43. The number of carbonyl (C=O) groups excluding carboxylic acids is 1. The van der Waals surface area contributed by atoms with E-state index in [1.807, 2.05) is 49.4 Å². The van der Waals surface area contributed by atoms with Crippen LogP contribution in [0, 0.1) is 13.8 Å². The Morgan fingerprint density at radius 3 is 2.32 bits per heavy atom. The molecule has 0 aromatic heterocycles. The maximum Gasteiger partial charge on any atom is 0.259 e. The van der Waals surface area contributed by atoms with Crippen LogP contribution in [0.4, 0.5) is 17.1 Å². The zero-order valence-electron chi connectivity index (χ0n) is 17.1. The van der Waals surface area contributed by atoms with E-state index in [1.165, 1.54) is 0 Å². The minimum absolute atomic E-state index is 0.0242. The number of nitrogens with zero attached hydrogens (tertiary/aromatic N) is 2. The molecule has 0 unspecified atom stereocenters. The van der Waals surface area contributed by atoms with Crippen LogP contribution in [0.25, 0.3) is 10.8 Å². The van der Waals surface area contributed by atoms with Gasteiger partial charge in [-0.25, -0.2) is 0 Å². The Labute approximate surface area is 179 Å². The molecule has 1 amide bonds. The van der Waals surface area contributed by atoms with Gasteiger partial charge < -0.3 is 15.5 Å². The molecule has 3 N–H and O–H groups in total. The second-order valence-electron chi connectivity index (χ2n) is 7.31. The number of nitrogens with one attached hydrogen (secondary N) is 1. The highest BCUT2D eigenvalue weighted by Crippen LogP contribution is 2.41. The van der Waals surface area contributed by atoms with Gasteiger partial charge in [0.1, 0.15) is 17.1 Å². The van der Waals surface area contributed by atoms with Crippen LogP contribution in [-0.2, 0) is 0 Å². The van der Waals surface area contributed by atoms with Gasteiger partial charge in [0.15, 0.2) is 5.75 Å². The highest BCUT2D eigenvalue weighted by molar-refractivity contribution is 6.11. The first kappa shape index (κ1) is 20.1. The van der Waals surface area contributed by atoms with Gasteiger partial charge >= 0.3 is 0 Å². The Morgan fingerprint density at radius 2 is 1.55 bits per heavy atom. The minimum Gasteiger partial charge on any atom is -0.505 e. The molecular weight excluding hydrogens is 390 g/mol. The standard InChI is InChI=1S/C25H21N3O3/c1-15-12-16(2)23(29)21(13-15)27-28-22-19-11-7-6-8-17(19)14-20(24(22)30)25(31)26-18-9-4-3-5-10-18/h3-14,29-30H,1-2H3,(H,26,31). The smallest absolute Gasteiger partial charge is 0.259 e. The van der Waals surface area contributed by atoms with Gasteiger partial charge in [0.25, 0.3) is 5.91 Å². The third-order valence-electron chi connectivity index (χ3n) is 4.95. The number of benzene rings is 4. The predicted octanol–water partition coefficient (Wildman–Crippen LogP) is 6.54. The number of amides is 1. The summed E-state index contributed by atoms with van der Waals surface area (Å²) in [5, 5.41) is 33.8. The van der Waals surface area contributed by atoms with Gasteiger partial charge in [0.05, 0.1) is 5.56 Å². The van der Waals surface area contributed by atoms with E-state index in [0.717, 1.165) is 10.9 Å². The SMILES string of the molecule is Cc1cc(C)c(O)c(N=Nc2c(O)c(C(=O)Nc3ccccc3)cc3ccccc23)c1. The van der Waals surface area contributed by atoms with Crippen molar-refractivity contribution in [3.63, 3.8) is 0 Å². The molecule has 0 aliphatic carbocycles. The van der Waals surface area contributed by atoms with Gasteiger partial charge in [-0.05, 0) is 54.6 Å². The van der Waals surface area contributed by atoms with Crippen molar-refractivity contribution in [2.45, 2.75) is 13.8 Å². The Kier molecular flexibility index (Phi) is 5.37. The van der Waals surface area contributed by atoms with Crippen LogP contribution in [0.1, 0.15) is 21.5 Å². The number of carbonyl (C=O) groups is 1. The number of para-hydroxylation sites is 1. The van der Waals surface area contributed by atoms with E-state index in [9.17, 15) is 15.0 Å². The van der Waals surface area contributed by atoms with E-state index in [-0.39, 0.29) is 22.7 Å². The van der Waals surface area contributed by atoms with E-state index in [0.29, 0.717) is 22.3 Å². The molecule has 4 aromatic rings. The maximum atomic E-state index is 12.9. The zero-order valence-corrected chi connectivity index (χ0v) is 17.1. The van der Waals surface area contributed by atoms with Crippen molar-refractivity contribution < 1.29 is 15.0 Å². The molecule has 31 heavy (non-hydrogen) atoms. The summed E-state index contributed by atoms with van der Waals surface area (Å²) in [4.78, 5) is 12.9. The Bertz CT molecular complexity index is 1310. The summed E-state index contributed by atoms with van der Waals surface area (Å²) < 4.78 is 0. The summed E-state index contributed by atoms with van der Waals surface area (Å²) in [6, 6.07) is 21.5. The average molecular weight is 411 g/mol. The second kappa shape index (κ2) is 8.28. The van der Waals surface area contributed by atoms with E-state index >= 15 is 0 Å². The number of rotatable bonds is 4. The lowest BCUT2D eigenvalue weighted by atomic mass is 10.0. The van der Waals surface area contributed by atoms with Crippen molar-refractivity contribution in [2.24, 2.45) is 10.2 Å². The largest absolute Gasteiger partial charge is 0.505 e. The van der Waals surface area contributed by atoms with Gasteiger partial charge in [-0.3, -0.25) is 4.79 Å². The number of hydrogen-bond acceptors (Lipinski definition) is 5. The summed E-state index contributed by atoms with van der Waals surface area (Å²) in [6.07, 6.45) is 0. The fraction of sp³-hybridized carbons (Fsp3) is 0.0800. The van der Waals surface area contributed by atoms with Gasteiger partial charge in [0.2, 0.25) is 0 Å². The number of anilines is 1. The van der Waals surface area contributed by atoms with Crippen molar-refractivity contribution in [2.75, 3.05) is 5.32 Å². The number of azo groups is 1. The van der Waals surface area contributed by atoms with Crippen LogP contribution in [-0.4, -0.2) is 16.1 Å². The second-order valence-corrected chi connectivity index (χ2v) is 7.31. The Balaban J connectivity index is 1.81. The molecule has 0 aliphatic rings. The fourth-order valence-corrected chi connectivity index (χ4v) is 3.43. The lowest BCUT2D eigenvalue weighted by molar-refractivity contribution is 0.102. The zero-order chi connectivity index (χ0) is 22.0. The van der Waals surface area contributed by atoms with Crippen LogP contribution >= 0.6 is 0 Å². The molecule has 0 atom stereocenters. The molecule has 0 fully saturated rings. The third-order valence-corrected chi connectivity index (χ3v) is 4.95. The predicted molar refractivity (Wildman–Crippen MR) is 122 cm³/mol. The Morgan fingerprint density at radius 1 is 0.839 bits per heavy atom. The van der Waals surface area contributed by atoms with Gasteiger partial charge in [-0.15, -0.1) is 10.2 Å². The lowest BCUT2D eigenvalue weighted by Gasteiger charge is -2.11. The van der Waals surface area contributed by atoms with E-state index in [1.54, 1.807) is 37.3 Å². The van der Waals surface area contributed by atoms with Gasteiger partial charge in [-0.1, -0.05) is 48.5 Å². The number of hydrogen-bond donors (Lipinski definition) is 3. The number of aromatic hydroxyl groups is 2. The molecule has 0 radical (unpaired) electrons. The molecule has 0 spiro atoms. The first-order valence-corrected chi connectivity index (χ1v) is 9.77. The van der Waals surface area contributed by atoms with Crippen LogP contribution in [0.15, 0.2) is 83.0 Å². The van der Waals surface area contributed by atoms with Gasteiger partial charge in [-0.2, -0.15) is 0 Å². The highest BCUT2D eigenvalue weighted by Gasteiger charge is 2.18. The van der Waals surface area contributed by atoms with Crippen molar-refractivity contribution in [1.29, 1.82) is 0 Å². The third kappa shape index (κ3) is 4.09. The summed E-state index contributed by atoms with van der Waals surface area (Å²) in [5.74, 6) is -0.712. The summed E-state index contributed by atoms with van der Waals surface area (Å²) in [5.41, 5.74) is 2.76. The summed E-state index contributed by atoms with van der Waals surface area (Å²) in [6.45, 7) is 3.68. The van der Waals surface area contributed by atoms with Crippen LogP contribution in [0.5, 0.6) is 11.5 Å².